The van der Waals surface area contributed by atoms with Crippen LogP contribution in [-0.2, 0) is 22.4 Å². The molecule has 10 heteroatoms. The summed E-state index contributed by atoms with van der Waals surface area (Å²) in [6.07, 6.45) is 4.66. The highest BCUT2D eigenvalue weighted by atomic mass is 35.5. The monoisotopic (exact) mass is 569 g/mol. The lowest BCUT2D eigenvalue weighted by Crippen LogP contribution is -2.47. The number of aromatic nitrogens is 2. The zero-order valence-corrected chi connectivity index (χ0v) is 24.8. The third-order valence-corrected chi connectivity index (χ3v) is 7.36. The Morgan fingerprint density at radius 1 is 1.07 bits per heavy atom. The van der Waals surface area contributed by atoms with Crippen LogP contribution in [0.15, 0.2) is 40.9 Å². The molecule has 2 aromatic carbocycles. The summed E-state index contributed by atoms with van der Waals surface area (Å²) in [5.41, 5.74) is 4.96. The Bertz CT molecular complexity index is 1310. The number of carbonyl (C=O) groups excluding carboxylic acids is 2. The minimum atomic E-state index is -0.109. The number of hydrogen-bond donors (Lipinski definition) is 1. The zero-order chi connectivity index (χ0) is 27.9. The normalized spacial score (nSPS) is 13.8. The van der Waals surface area contributed by atoms with Crippen molar-refractivity contribution in [1.29, 1.82) is 0 Å². The van der Waals surface area contributed by atoms with Gasteiger partial charge in [0.05, 0.1) is 20.2 Å². The number of aryl methyl sites for hydroxylation is 2. The Morgan fingerprint density at radius 3 is 2.55 bits per heavy atom. The van der Waals surface area contributed by atoms with Crippen LogP contribution in [0, 0.1) is 13.8 Å². The highest BCUT2D eigenvalue weighted by Gasteiger charge is 2.29. The molecular weight excluding hydrogens is 530 g/mol. The molecule has 0 fully saturated rings. The lowest BCUT2D eigenvalue weighted by molar-refractivity contribution is -0.130. The van der Waals surface area contributed by atoms with Gasteiger partial charge in [-0.2, -0.15) is 4.98 Å². The fourth-order valence-corrected chi connectivity index (χ4v) is 5.01. The van der Waals surface area contributed by atoms with Gasteiger partial charge >= 0.3 is 0 Å². The van der Waals surface area contributed by atoms with Crippen molar-refractivity contribution < 1.29 is 18.8 Å². The Balaban J connectivity index is 0.00000441. The number of amides is 2. The first-order valence-corrected chi connectivity index (χ1v) is 13.6. The van der Waals surface area contributed by atoms with Gasteiger partial charge in [-0.25, -0.2) is 0 Å². The predicted octanol–water partition coefficient (Wildman–Crippen LogP) is 4.52. The van der Waals surface area contributed by atoms with E-state index in [4.69, 9.17) is 9.26 Å². The summed E-state index contributed by atoms with van der Waals surface area (Å²) in [6, 6.07) is 12.0. The maximum Gasteiger partial charge on any atom is 0.242 e. The van der Waals surface area contributed by atoms with Crippen molar-refractivity contribution >= 4 is 29.9 Å². The number of unbranched alkanes of at least 4 members (excludes halogenated alkanes) is 2. The van der Waals surface area contributed by atoms with Crippen LogP contribution in [-0.4, -0.2) is 66.7 Å². The summed E-state index contributed by atoms with van der Waals surface area (Å²) in [7, 11) is 3.51. The summed E-state index contributed by atoms with van der Waals surface area (Å²) in [4.78, 5) is 34.6. The molecular formula is C30H40ClN5O4. The number of fused-ring (bicyclic) bond motifs is 1. The number of halogens is 1. The number of rotatable bonds is 12. The number of anilines is 1. The zero-order valence-electron chi connectivity index (χ0n) is 24.0. The molecule has 40 heavy (non-hydrogen) atoms. The van der Waals surface area contributed by atoms with Gasteiger partial charge in [0.2, 0.25) is 23.5 Å². The summed E-state index contributed by atoms with van der Waals surface area (Å²) in [5, 5.41) is 7.05. The van der Waals surface area contributed by atoms with Crippen LogP contribution in [0.4, 0.5) is 5.69 Å². The first kappa shape index (κ1) is 30.9. The van der Waals surface area contributed by atoms with Crippen LogP contribution in [0.1, 0.15) is 48.8 Å². The van der Waals surface area contributed by atoms with Gasteiger partial charge in [-0.15, -0.1) is 12.4 Å². The van der Waals surface area contributed by atoms with Gasteiger partial charge in [0.1, 0.15) is 5.75 Å². The number of nitrogens with zero attached hydrogens (tertiary/aromatic N) is 4. The average molecular weight is 570 g/mol. The van der Waals surface area contributed by atoms with Crippen molar-refractivity contribution in [3.63, 3.8) is 0 Å². The van der Waals surface area contributed by atoms with Crippen molar-refractivity contribution in [1.82, 2.24) is 20.4 Å². The van der Waals surface area contributed by atoms with Crippen LogP contribution in [0.2, 0.25) is 0 Å². The largest absolute Gasteiger partial charge is 0.497 e. The lowest BCUT2D eigenvalue weighted by Gasteiger charge is -2.30. The van der Waals surface area contributed by atoms with Crippen molar-refractivity contribution in [2.45, 2.75) is 58.9 Å². The van der Waals surface area contributed by atoms with E-state index in [9.17, 15) is 9.59 Å². The van der Waals surface area contributed by atoms with E-state index in [1.165, 1.54) is 11.1 Å². The van der Waals surface area contributed by atoms with Crippen LogP contribution >= 0.6 is 12.4 Å². The van der Waals surface area contributed by atoms with Gasteiger partial charge in [-0.05, 0) is 61.1 Å². The van der Waals surface area contributed by atoms with E-state index in [0.717, 1.165) is 54.7 Å². The van der Waals surface area contributed by atoms with Gasteiger partial charge < -0.3 is 24.4 Å². The fourth-order valence-electron chi connectivity index (χ4n) is 5.01. The molecule has 0 saturated carbocycles. The molecule has 0 bridgehead atoms. The van der Waals surface area contributed by atoms with Crippen molar-refractivity contribution in [3.8, 4) is 17.1 Å². The van der Waals surface area contributed by atoms with E-state index in [2.05, 4.69) is 34.5 Å². The molecule has 4 rings (SSSR count). The second-order valence-corrected chi connectivity index (χ2v) is 10.3. The number of methoxy groups -OCH3 is 1. The van der Waals surface area contributed by atoms with Crippen LogP contribution < -0.4 is 15.0 Å². The molecule has 1 heterocycles. The highest BCUT2D eigenvalue weighted by Crippen LogP contribution is 2.30. The van der Waals surface area contributed by atoms with E-state index in [1.54, 1.807) is 14.0 Å². The third kappa shape index (κ3) is 7.53. The molecule has 3 aromatic rings. The molecule has 1 N–H and O–H groups in total. The van der Waals surface area contributed by atoms with E-state index in [0.29, 0.717) is 18.3 Å². The maximum atomic E-state index is 13.6. The molecule has 1 aromatic heterocycles. The molecule has 216 valence electrons. The van der Waals surface area contributed by atoms with Gasteiger partial charge in [0.15, 0.2) is 0 Å². The Hall–Kier alpha value is -3.59. The SMILES string of the molecule is CCCCCNC(=O)CN(CC(=O)N(C)C1Cc2ccc(OC)cc2C1)c1cc(-c2noc(C)n2)ccc1C.Cl. The lowest BCUT2D eigenvalue weighted by atomic mass is 10.1. The Morgan fingerprint density at radius 2 is 1.85 bits per heavy atom. The summed E-state index contributed by atoms with van der Waals surface area (Å²) < 4.78 is 10.5. The number of likely N-dealkylation sites (N-methyl/N-ethyl adjacent to an activating group) is 1. The van der Waals surface area contributed by atoms with Crippen LogP contribution in [0.3, 0.4) is 0 Å². The van der Waals surface area contributed by atoms with Crippen molar-refractivity contribution in [3.05, 3.63) is 59.0 Å². The van der Waals surface area contributed by atoms with Gasteiger partial charge in [0.25, 0.3) is 0 Å². The summed E-state index contributed by atoms with van der Waals surface area (Å²) >= 11 is 0. The second-order valence-electron chi connectivity index (χ2n) is 10.3. The summed E-state index contributed by atoms with van der Waals surface area (Å²) in [6.45, 7) is 6.62. The van der Waals surface area contributed by atoms with Gasteiger partial charge in [-0.1, -0.05) is 43.1 Å². The molecule has 1 atom stereocenters. The van der Waals surface area contributed by atoms with Crippen LogP contribution in [0.5, 0.6) is 5.75 Å². The summed E-state index contributed by atoms with van der Waals surface area (Å²) in [5.74, 6) is 1.62. The standard InChI is InChI=1S/C30H39N5O4.ClH/c1-6-7-8-13-31-28(36)18-35(27-17-23(10-9-20(27)2)30-32-21(3)39-33-30)19-29(37)34(4)25-14-22-11-12-26(38-5)16-24(22)15-25;/h9-12,16-17,25H,6-8,13-15,18-19H2,1-5H3,(H,31,36);1H. The van der Waals surface area contributed by atoms with Gasteiger partial charge in [-0.3, -0.25) is 9.59 Å². The molecule has 0 aliphatic heterocycles. The molecule has 2 amide bonds. The quantitative estimate of drug-likeness (QED) is 0.320. The average Bonchev–Trinajstić information content (AvgIpc) is 3.56. The second kappa shape index (κ2) is 14.2. The molecule has 0 saturated heterocycles. The molecule has 1 aliphatic carbocycles. The first-order chi connectivity index (χ1) is 18.8. The first-order valence-electron chi connectivity index (χ1n) is 13.6. The molecule has 1 aliphatic rings. The fraction of sp³-hybridized carbons (Fsp3) is 0.467. The number of benzene rings is 2. The Labute approximate surface area is 242 Å². The number of nitrogens with one attached hydrogen (secondary N) is 1. The van der Waals surface area contributed by atoms with Gasteiger partial charge in [0, 0.05) is 37.8 Å². The van der Waals surface area contributed by atoms with Crippen molar-refractivity contribution in [2.75, 3.05) is 38.7 Å². The minimum Gasteiger partial charge on any atom is -0.497 e. The molecule has 1 unspecified atom stereocenters. The van der Waals surface area contributed by atoms with E-state index in [1.807, 2.05) is 48.0 Å². The van der Waals surface area contributed by atoms with Crippen molar-refractivity contribution in [2.24, 2.45) is 0 Å². The molecule has 0 spiro atoms. The predicted molar refractivity (Wildman–Crippen MR) is 158 cm³/mol. The van der Waals surface area contributed by atoms with E-state index in [-0.39, 0.29) is 43.4 Å². The van der Waals surface area contributed by atoms with E-state index >= 15 is 0 Å². The molecule has 0 radical (unpaired) electrons. The molecule has 9 nitrogen and oxygen atoms in total. The number of ether oxygens (including phenoxy) is 1. The highest BCUT2D eigenvalue weighted by molar-refractivity contribution is 5.87. The maximum absolute atomic E-state index is 13.6. The smallest absolute Gasteiger partial charge is 0.242 e. The number of carbonyl (C=O) groups is 2. The minimum absolute atomic E-state index is 0. The third-order valence-electron chi connectivity index (χ3n) is 7.36. The number of hydrogen-bond acceptors (Lipinski definition) is 7. The van der Waals surface area contributed by atoms with E-state index < -0.39 is 0 Å². The Kier molecular flexibility index (Phi) is 11.0. The van der Waals surface area contributed by atoms with Crippen LogP contribution in [0.25, 0.3) is 11.4 Å². The topological polar surface area (TPSA) is 101 Å².